The van der Waals surface area contributed by atoms with Crippen LogP contribution in [-0.4, -0.2) is 0 Å². The molecule has 0 aliphatic carbocycles. The Kier molecular flexibility index (Phi) is 6.84. The Hall–Kier alpha value is -6.70. The van der Waals surface area contributed by atoms with Gasteiger partial charge in [0, 0.05) is 17.1 Å². The van der Waals surface area contributed by atoms with Gasteiger partial charge in [-0.25, -0.2) is 0 Å². The van der Waals surface area contributed by atoms with Crippen molar-refractivity contribution in [2.24, 2.45) is 0 Å². The fourth-order valence-corrected chi connectivity index (χ4v) is 7.03. The molecule has 9 aromatic carbocycles. The minimum atomic E-state index is -0.118. The molecule has 240 valence electrons. The molecule has 0 N–H and O–H groups in total. The van der Waals surface area contributed by atoms with E-state index in [0.717, 1.165) is 66.3 Å². The third-order valence-corrected chi connectivity index (χ3v) is 9.50. The quantitative estimate of drug-likeness (QED) is 0.165. The Balaban J connectivity index is 1.26. The van der Waals surface area contributed by atoms with E-state index < -0.39 is 0 Å². The summed E-state index contributed by atoms with van der Waals surface area (Å²) in [5.74, 6) is 0. The van der Waals surface area contributed by atoms with Gasteiger partial charge in [-0.1, -0.05) is 170 Å². The predicted octanol–water partition coefficient (Wildman–Crippen LogP) is 14.1. The predicted molar refractivity (Wildman–Crippen MR) is 218 cm³/mol. The lowest BCUT2D eigenvalue weighted by molar-refractivity contribution is 1.28. The maximum atomic E-state index is 9.59. The van der Waals surface area contributed by atoms with Crippen LogP contribution in [0.2, 0.25) is 0 Å². The SMILES string of the molecule is [2H]c1c([2H])c(N(c2cccc(-c3cccc4ccccc34)c2)c2cccc(-c3cccc4ccccc34)c2)c([2H])c([2H])c1-c1cccc(-c2ccccc2)c1. The fraction of sp³-hybridized carbons (Fsp3) is 0. The minimum Gasteiger partial charge on any atom is -0.310 e. The molecule has 0 aromatic heterocycles. The molecule has 0 bridgehead atoms. The van der Waals surface area contributed by atoms with Crippen molar-refractivity contribution in [2.75, 3.05) is 4.90 Å². The summed E-state index contributed by atoms with van der Waals surface area (Å²) in [6, 6.07) is 62.7. The highest BCUT2D eigenvalue weighted by Gasteiger charge is 2.16. The molecule has 0 saturated heterocycles. The van der Waals surface area contributed by atoms with Gasteiger partial charge in [-0.05, 0) is 108 Å². The Labute approximate surface area is 305 Å². The number of rotatable bonds is 7. The average molecular weight is 654 g/mol. The summed E-state index contributed by atoms with van der Waals surface area (Å²) in [6.45, 7) is 0. The van der Waals surface area contributed by atoms with E-state index in [1.807, 2.05) is 108 Å². The van der Waals surface area contributed by atoms with Crippen LogP contribution in [0.4, 0.5) is 17.1 Å². The first-order chi connectivity index (χ1) is 27.0. The number of hydrogen-bond acceptors (Lipinski definition) is 1. The molecule has 0 amide bonds. The lowest BCUT2D eigenvalue weighted by Gasteiger charge is -2.27. The molecule has 1 nitrogen and oxygen atoms in total. The molecular formula is C50H35N. The topological polar surface area (TPSA) is 3.24 Å². The highest BCUT2D eigenvalue weighted by atomic mass is 15.1. The minimum absolute atomic E-state index is 0.0957. The summed E-state index contributed by atoms with van der Waals surface area (Å²) in [7, 11) is 0. The monoisotopic (exact) mass is 653 g/mol. The van der Waals surface area contributed by atoms with Gasteiger partial charge in [0.1, 0.15) is 0 Å². The van der Waals surface area contributed by atoms with Crippen molar-refractivity contribution in [2.45, 2.75) is 0 Å². The van der Waals surface area contributed by atoms with Crippen molar-refractivity contribution >= 4 is 38.6 Å². The zero-order chi connectivity index (χ0) is 37.5. The zero-order valence-corrected chi connectivity index (χ0v) is 27.8. The van der Waals surface area contributed by atoms with Crippen LogP contribution in [-0.2, 0) is 0 Å². The second kappa shape index (κ2) is 13.3. The summed E-state index contributed by atoms with van der Waals surface area (Å²) in [4.78, 5) is 1.88. The van der Waals surface area contributed by atoms with Crippen LogP contribution < -0.4 is 4.90 Å². The molecule has 0 aliphatic rings. The van der Waals surface area contributed by atoms with Crippen LogP contribution in [0.3, 0.4) is 0 Å². The van der Waals surface area contributed by atoms with Crippen molar-refractivity contribution in [3.63, 3.8) is 0 Å². The second-order valence-electron chi connectivity index (χ2n) is 12.7. The largest absolute Gasteiger partial charge is 0.310 e. The number of anilines is 3. The van der Waals surface area contributed by atoms with Crippen molar-refractivity contribution in [1.29, 1.82) is 0 Å². The van der Waals surface area contributed by atoms with Gasteiger partial charge in [-0.2, -0.15) is 0 Å². The Morgan fingerprint density at radius 3 is 1.31 bits per heavy atom. The summed E-state index contributed by atoms with van der Waals surface area (Å²) in [5, 5.41) is 4.52. The Morgan fingerprint density at radius 1 is 0.294 bits per heavy atom. The van der Waals surface area contributed by atoms with Gasteiger partial charge in [0.05, 0.1) is 5.48 Å². The van der Waals surface area contributed by atoms with E-state index >= 15 is 0 Å². The normalized spacial score (nSPS) is 12.2. The van der Waals surface area contributed by atoms with Crippen LogP contribution in [0.5, 0.6) is 0 Å². The average Bonchev–Trinajstić information content (AvgIpc) is 3.24. The number of benzene rings is 9. The van der Waals surface area contributed by atoms with E-state index in [0.29, 0.717) is 5.56 Å². The Morgan fingerprint density at radius 2 is 0.725 bits per heavy atom. The maximum absolute atomic E-state index is 9.59. The molecule has 0 radical (unpaired) electrons. The zero-order valence-electron chi connectivity index (χ0n) is 31.8. The fourth-order valence-electron chi connectivity index (χ4n) is 7.03. The molecule has 0 heterocycles. The molecule has 0 spiro atoms. The molecule has 0 aliphatic heterocycles. The van der Waals surface area contributed by atoms with E-state index in [1.54, 1.807) is 0 Å². The molecule has 9 rings (SSSR count). The highest BCUT2D eigenvalue weighted by molar-refractivity contribution is 5.99. The van der Waals surface area contributed by atoms with E-state index in [9.17, 15) is 5.48 Å². The highest BCUT2D eigenvalue weighted by Crippen LogP contribution is 2.41. The molecular weight excluding hydrogens is 615 g/mol. The third kappa shape index (κ3) is 5.96. The summed E-state index contributed by atoms with van der Waals surface area (Å²) < 4.78 is 38.0. The number of hydrogen-bond donors (Lipinski definition) is 0. The van der Waals surface area contributed by atoms with Crippen molar-refractivity contribution in [1.82, 2.24) is 0 Å². The molecule has 1 heteroatoms. The lowest BCUT2D eigenvalue weighted by Crippen LogP contribution is -2.10. The van der Waals surface area contributed by atoms with E-state index in [4.69, 9.17) is 0 Å². The van der Waals surface area contributed by atoms with Gasteiger partial charge < -0.3 is 4.90 Å². The molecule has 0 saturated carbocycles. The van der Waals surface area contributed by atoms with Gasteiger partial charge in [0.2, 0.25) is 0 Å². The van der Waals surface area contributed by atoms with Crippen LogP contribution in [0.25, 0.3) is 66.1 Å². The van der Waals surface area contributed by atoms with Crippen molar-refractivity contribution in [3.8, 4) is 44.5 Å². The van der Waals surface area contributed by atoms with Crippen molar-refractivity contribution in [3.05, 3.63) is 212 Å². The van der Waals surface area contributed by atoms with Crippen LogP contribution >= 0.6 is 0 Å². The van der Waals surface area contributed by atoms with E-state index in [1.165, 1.54) is 0 Å². The van der Waals surface area contributed by atoms with Gasteiger partial charge in [-0.3, -0.25) is 0 Å². The Bertz CT molecular complexity index is 2720. The number of fused-ring (bicyclic) bond motifs is 2. The lowest BCUT2D eigenvalue weighted by atomic mass is 9.96. The summed E-state index contributed by atoms with van der Waals surface area (Å²) in [5.41, 5.74) is 8.58. The van der Waals surface area contributed by atoms with E-state index in [2.05, 4.69) is 84.9 Å². The van der Waals surface area contributed by atoms with Crippen LogP contribution in [0.15, 0.2) is 212 Å². The van der Waals surface area contributed by atoms with Crippen LogP contribution in [0.1, 0.15) is 5.48 Å². The van der Waals surface area contributed by atoms with Crippen molar-refractivity contribution < 1.29 is 5.48 Å². The van der Waals surface area contributed by atoms with Gasteiger partial charge in [0.15, 0.2) is 0 Å². The summed E-state index contributed by atoms with van der Waals surface area (Å²) >= 11 is 0. The number of nitrogens with zero attached hydrogens (tertiary/aromatic N) is 1. The van der Waals surface area contributed by atoms with Gasteiger partial charge in [0.25, 0.3) is 0 Å². The first kappa shape index (κ1) is 26.2. The molecule has 51 heavy (non-hydrogen) atoms. The molecule has 0 atom stereocenters. The van der Waals surface area contributed by atoms with E-state index in [-0.39, 0.29) is 35.4 Å². The standard InChI is InChI=1S/C50H35N/c1-2-13-36(14-3-1)40-19-8-20-41(33-40)37-29-31-44(32-30-37)51(45-23-9-21-42(34-45)49-27-11-17-38-15-4-6-25-47(38)49)46-24-10-22-43(35-46)50-28-12-18-39-16-5-7-26-48(39)50/h1-35H/i29D,30D,31D,32D. The molecule has 0 unspecified atom stereocenters. The van der Waals surface area contributed by atoms with Gasteiger partial charge >= 0.3 is 0 Å². The van der Waals surface area contributed by atoms with Gasteiger partial charge in [-0.15, -0.1) is 0 Å². The summed E-state index contributed by atoms with van der Waals surface area (Å²) in [6.07, 6.45) is 0. The first-order valence-electron chi connectivity index (χ1n) is 19.2. The molecule has 9 aromatic rings. The van der Waals surface area contributed by atoms with Crippen LogP contribution in [0, 0.1) is 0 Å². The third-order valence-electron chi connectivity index (χ3n) is 9.50. The smallest absolute Gasteiger partial charge is 0.0645 e. The molecule has 0 fully saturated rings. The first-order valence-corrected chi connectivity index (χ1v) is 17.2. The maximum Gasteiger partial charge on any atom is 0.0645 e. The second-order valence-corrected chi connectivity index (χ2v) is 12.7.